The molecule has 9 heteroatoms. The van der Waals surface area contributed by atoms with Crippen molar-refractivity contribution in [2.75, 3.05) is 34.8 Å². The molecule has 4 heterocycles. The van der Waals surface area contributed by atoms with Gasteiger partial charge >= 0.3 is 0 Å². The molecule has 2 fully saturated rings. The summed E-state index contributed by atoms with van der Waals surface area (Å²) in [6.45, 7) is 1.90. The molecule has 0 unspecified atom stereocenters. The van der Waals surface area contributed by atoms with Crippen LogP contribution in [0.3, 0.4) is 0 Å². The molecule has 1 aromatic carbocycles. The molecule has 168 valence electrons. The van der Waals surface area contributed by atoms with Crippen LogP contribution in [0.25, 0.3) is 11.7 Å². The van der Waals surface area contributed by atoms with Gasteiger partial charge in [0.05, 0.1) is 6.26 Å². The second-order valence-electron chi connectivity index (χ2n) is 8.21. The molecule has 3 aromatic rings. The zero-order valence-corrected chi connectivity index (χ0v) is 18.0. The van der Waals surface area contributed by atoms with E-state index >= 15 is 0 Å². The number of rotatable bonds is 5. The lowest BCUT2D eigenvalue weighted by Gasteiger charge is -2.31. The summed E-state index contributed by atoms with van der Waals surface area (Å²) < 4.78 is 11.1. The van der Waals surface area contributed by atoms with Crippen LogP contribution in [-0.4, -0.2) is 36.4 Å². The van der Waals surface area contributed by atoms with E-state index in [0.29, 0.717) is 49.7 Å². The zero-order valence-electron chi connectivity index (χ0n) is 18.0. The van der Waals surface area contributed by atoms with E-state index in [1.54, 1.807) is 17.0 Å². The molecule has 2 aromatic heterocycles. The van der Waals surface area contributed by atoms with Gasteiger partial charge in [0.1, 0.15) is 6.07 Å². The van der Waals surface area contributed by atoms with E-state index in [1.165, 1.54) is 6.26 Å². The van der Waals surface area contributed by atoms with Crippen LogP contribution in [0.15, 0.2) is 51.5 Å². The molecule has 0 bridgehead atoms. The average molecular weight is 445 g/mol. The van der Waals surface area contributed by atoms with E-state index in [2.05, 4.69) is 16.4 Å². The Morgan fingerprint density at radius 1 is 1.15 bits per heavy atom. The fourth-order valence-corrected chi connectivity index (χ4v) is 4.34. The minimum Gasteiger partial charge on any atom is -0.459 e. The maximum atomic E-state index is 12.8. The van der Waals surface area contributed by atoms with Gasteiger partial charge in [0, 0.05) is 43.3 Å². The van der Waals surface area contributed by atoms with Crippen molar-refractivity contribution in [2.24, 2.45) is 5.92 Å². The third kappa shape index (κ3) is 4.20. The minimum absolute atomic E-state index is 0.0333. The molecule has 0 saturated carbocycles. The summed E-state index contributed by atoms with van der Waals surface area (Å²) in [5.74, 6) is 1.11. The number of nitriles is 1. The lowest BCUT2D eigenvalue weighted by molar-refractivity contribution is -0.120. The molecular weight excluding hydrogens is 422 g/mol. The highest BCUT2D eigenvalue weighted by molar-refractivity contribution is 5.96. The molecule has 0 aliphatic carbocycles. The third-order valence-electron chi connectivity index (χ3n) is 6.12. The van der Waals surface area contributed by atoms with Gasteiger partial charge in [-0.3, -0.25) is 9.59 Å². The van der Waals surface area contributed by atoms with Crippen LogP contribution in [-0.2, 0) is 9.59 Å². The predicted octanol–water partition coefficient (Wildman–Crippen LogP) is 3.79. The Kier molecular flexibility index (Phi) is 5.57. The number of piperidine rings is 1. The van der Waals surface area contributed by atoms with E-state index in [0.717, 1.165) is 18.7 Å². The van der Waals surface area contributed by atoms with Gasteiger partial charge in [0.15, 0.2) is 5.76 Å². The van der Waals surface area contributed by atoms with Gasteiger partial charge in [-0.25, -0.2) is 0 Å². The van der Waals surface area contributed by atoms with Crippen LogP contribution >= 0.6 is 0 Å². The molecule has 5 rings (SSSR count). The van der Waals surface area contributed by atoms with E-state index in [9.17, 15) is 14.9 Å². The lowest BCUT2D eigenvalue weighted by atomic mass is 9.96. The number of hydrogen-bond acceptors (Lipinski definition) is 7. The second-order valence-corrected chi connectivity index (χ2v) is 8.21. The largest absolute Gasteiger partial charge is 0.459 e. The fraction of sp³-hybridized carbons (Fsp3) is 0.333. The van der Waals surface area contributed by atoms with Gasteiger partial charge in [-0.15, -0.1) is 0 Å². The van der Waals surface area contributed by atoms with Gasteiger partial charge in [-0.05, 0) is 55.7 Å². The number of aromatic nitrogens is 1. The van der Waals surface area contributed by atoms with Gasteiger partial charge in [-0.2, -0.15) is 10.2 Å². The predicted molar refractivity (Wildman–Crippen MR) is 121 cm³/mol. The van der Waals surface area contributed by atoms with Crippen molar-refractivity contribution in [3.05, 3.63) is 48.4 Å². The SMILES string of the molecule is N#Cc1nc(-c2ccco2)oc1N1CCC(C(=O)Nc2ccc(N3CCCC3=O)cc2)CC1. The highest BCUT2D eigenvalue weighted by Crippen LogP contribution is 2.31. The van der Waals surface area contributed by atoms with E-state index in [-0.39, 0.29) is 29.3 Å². The Labute approximate surface area is 190 Å². The van der Waals surface area contributed by atoms with Crippen molar-refractivity contribution in [3.63, 3.8) is 0 Å². The molecule has 2 amide bonds. The van der Waals surface area contributed by atoms with Crippen LogP contribution in [0.2, 0.25) is 0 Å². The topological polar surface area (TPSA) is 116 Å². The highest BCUT2D eigenvalue weighted by atomic mass is 16.4. The van der Waals surface area contributed by atoms with Crippen molar-refractivity contribution in [3.8, 4) is 17.7 Å². The van der Waals surface area contributed by atoms with E-state index in [1.807, 2.05) is 29.2 Å². The number of benzene rings is 1. The first-order valence-corrected chi connectivity index (χ1v) is 11.0. The number of amides is 2. The molecule has 1 N–H and O–H groups in total. The Hall–Kier alpha value is -4.06. The summed E-state index contributed by atoms with van der Waals surface area (Å²) in [6.07, 6.45) is 4.26. The molecule has 0 atom stereocenters. The number of furan rings is 1. The van der Waals surface area contributed by atoms with Gasteiger partial charge in [0.2, 0.25) is 23.4 Å². The van der Waals surface area contributed by atoms with Crippen molar-refractivity contribution in [1.82, 2.24) is 4.98 Å². The molecule has 9 nitrogen and oxygen atoms in total. The first-order chi connectivity index (χ1) is 16.1. The standard InChI is InChI=1S/C24H23N5O4/c25-15-19-24(33-23(27-19)20-3-2-14-32-20)28-12-9-16(10-13-28)22(31)26-17-5-7-18(8-6-17)29-11-1-4-21(29)30/h2-3,5-8,14,16H,1,4,9-13H2,(H,26,31). The first kappa shape index (κ1) is 20.8. The summed E-state index contributed by atoms with van der Waals surface area (Å²) in [5.41, 5.74) is 1.78. The summed E-state index contributed by atoms with van der Waals surface area (Å²) in [4.78, 5) is 32.6. The number of anilines is 3. The number of oxazole rings is 1. The maximum absolute atomic E-state index is 12.8. The molecule has 2 aliphatic rings. The molecule has 2 saturated heterocycles. The van der Waals surface area contributed by atoms with Crippen LogP contribution in [0, 0.1) is 17.2 Å². The van der Waals surface area contributed by atoms with Crippen molar-refractivity contribution >= 4 is 29.1 Å². The van der Waals surface area contributed by atoms with Crippen molar-refractivity contribution in [2.45, 2.75) is 25.7 Å². The fourth-order valence-electron chi connectivity index (χ4n) is 4.34. The minimum atomic E-state index is -0.140. The van der Waals surface area contributed by atoms with Gasteiger partial charge < -0.3 is 24.0 Å². The summed E-state index contributed by atoms with van der Waals surface area (Å²) in [7, 11) is 0. The third-order valence-corrected chi connectivity index (χ3v) is 6.12. The van der Waals surface area contributed by atoms with Crippen LogP contribution in [0.4, 0.5) is 17.3 Å². The van der Waals surface area contributed by atoms with Crippen LogP contribution in [0.5, 0.6) is 0 Å². The number of carbonyl (C=O) groups is 2. The summed E-state index contributed by atoms with van der Waals surface area (Å²) in [5, 5.41) is 12.4. The monoisotopic (exact) mass is 445 g/mol. The van der Waals surface area contributed by atoms with E-state index < -0.39 is 0 Å². The van der Waals surface area contributed by atoms with E-state index in [4.69, 9.17) is 8.83 Å². The van der Waals surface area contributed by atoms with Gasteiger partial charge in [-0.1, -0.05) is 0 Å². The number of nitrogens with one attached hydrogen (secondary N) is 1. The molecule has 33 heavy (non-hydrogen) atoms. The van der Waals surface area contributed by atoms with Crippen LogP contribution < -0.4 is 15.1 Å². The average Bonchev–Trinajstić information content (AvgIpc) is 3.60. The maximum Gasteiger partial charge on any atom is 0.266 e. The summed E-state index contributed by atoms with van der Waals surface area (Å²) in [6, 6.07) is 12.9. The summed E-state index contributed by atoms with van der Waals surface area (Å²) >= 11 is 0. The quantitative estimate of drug-likeness (QED) is 0.635. The Bertz CT molecular complexity index is 1180. The second kappa shape index (κ2) is 8.82. The number of carbonyl (C=O) groups excluding carboxylic acids is 2. The van der Waals surface area contributed by atoms with Crippen molar-refractivity contribution in [1.29, 1.82) is 5.26 Å². The molecule has 0 radical (unpaired) electrons. The molecule has 2 aliphatic heterocycles. The number of nitrogens with zero attached hydrogens (tertiary/aromatic N) is 4. The van der Waals surface area contributed by atoms with Crippen molar-refractivity contribution < 1.29 is 18.4 Å². The smallest absolute Gasteiger partial charge is 0.266 e. The zero-order chi connectivity index (χ0) is 22.8. The molecular formula is C24H23N5O4. The Morgan fingerprint density at radius 2 is 1.94 bits per heavy atom. The lowest BCUT2D eigenvalue weighted by Crippen LogP contribution is -2.38. The van der Waals surface area contributed by atoms with Gasteiger partial charge in [0.25, 0.3) is 5.89 Å². The Balaban J connectivity index is 1.19. The highest BCUT2D eigenvalue weighted by Gasteiger charge is 2.29. The first-order valence-electron chi connectivity index (χ1n) is 11.0. The normalized spacial score (nSPS) is 16.8. The number of hydrogen-bond donors (Lipinski definition) is 1. The Morgan fingerprint density at radius 3 is 2.58 bits per heavy atom. The van der Waals surface area contributed by atoms with Crippen LogP contribution in [0.1, 0.15) is 31.4 Å². The molecule has 0 spiro atoms.